The number of benzene rings is 2. The molecule has 0 saturated carbocycles. The van der Waals surface area contributed by atoms with Crippen LogP contribution in [-0.4, -0.2) is 34.3 Å². The summed E-state index contributed by atoms with van der Waals surface area (Å²) < 4.78 is 6.96. The zero-order chi connectivity index (χ0) is 20.9. The Morgan fingerprint density at radius 3 is 2.63 bits per heavy atom. The van der Waals surface area contributed by atoms with E-state index >= 15 is 0 Å². The Balaban J connectivity index is 1.48. The van der Waals surface area contributed by atoms with Crippen LogP contribution in [0, 0.1) is 0 Å². The number of fused-ring (bicyclic) bond motifs is 1. The highest BCUT2D eigenvalue weighted by Crippen LogP contribution is 2.20. The number of ether oxygens (including phenoxy) is 1. The maximum atomic E-state index is 12.8. The second kappa shape index (κ2) is 8.97. The summed E-state index contributed by atoms with van der Waals surface area (Å²) in [6.45, 7) is 1.03. The summed E-state index contributed by atoms with van der Waals surface area (Å²) in [7, 11) is 1.60. The molecule has 152 valence electrons. The number of para-hydroxylation sites is 1. The third kappa shape index (κ3) is 4.44. The van der Waals surface area contributed by atoms with Crippen LogP contribution in [0.4, 0.5) is 0 Å². The number of halogens is 1. The van der Waals surface area contributed by atoms with Gasteiger partial charge in [0, 0.05) is 29.1 Å². The van der Waals surface area contributed by atoms with Gasteiger partial charge in [-0.25, -0.2) is 0 Å². The van der Waals surface area contributed by atoms with E-state index in [4.69, 9.17) is 16.3 Å². The van der Waals surface area contributed by atoms with Crippen LogP contribution in [0.2, 0.25) is 5.02 Å². The number of pyridine rings is 1. The molecule has 2 aromatic heterocycles. The Labute approximate surface area is 179 Å². The molecule has 0 aliphatic heterocycles. The van der Waals surface area contributed by atoms with Crippen LogP contribution in [-0.2, 0) is 13.0 Å². The van der Waals surface area contributed by atoms with Crippen molar-refractivity contribution in [3.05, 3.63) is 88.8 Å². The number of nitrogens with zero attached hydrogens (tertiary/aromatic N) is 3. The molecule has 7 heteroatoms. The number of hydrogen-bond acceptors (Lipinski definition) is 4. The largest absolute Gasteiger partial charge is 0.495 e. The van der Waals surface area contributed by atoms with Crippen molar-refractivity contribution >= 4 is 28.4 Å². The Kier molecular flexibility index (Phi) is 5.95. The molecule has 4 rings (SSSR count). The fourth-order valence-electron chi connectivity index (χ4n) is 3.25. The standard InChI is InChI=1S/C23H21ClN4O2/c1-30-19-11-10-18(26-14-19)12-13-25-23(29)22-20-4-2-3-5-21(20)28(27-22)15-16-6-8-17(24)9-7-16/h2-11,14H,12-13,15H2,1H3,(H,25,29). The van der Waals surface area contributed by atoms with E-state index in [0.29, 0.717) is 36.0 Å². The zero-order valence-electron chi connectivity index (χ0n) is 16.5. The third-order valence-corrected chi connectivity index (χ3v) is 5.07. The fourth-order valence-corrected chi connectivity index (χ4v) is 3.37. The van der Waals surface area contributed by atoms with E-state index < -0.39 is 0 Å². The third-order valence-electron chi connectivity index (χ3n) is 4.82. The van der Waals surface area contributed by atoms with Crippen molar-refractivity contribution in [3.8, 4) is 5.75 Å². The molecule has 0 bridgehead atoms. The SMILES string of the molecule is COc1ccc(CCNC(=O)c2nn(Cc3ccc(Cl)cc3)c3ccccc23)nc1. The molecule has 1 N–H and O–H groups in total. The lowest BCUT2D eigenvalue weighted by molar-refractivity contribution is 0.0950. The van der Waals surface area contributed by atoms with Gasteiger partial charge in [0.1, 0.15) is 5.75 Å². The van der Waals surface area contributed by atoms with E-state index in [2.05, 4.69) is 15.4 Å². The molecule has 0 radical (unpaired) electrons. The Morgan fingerprint density at radius 2 is 1.90 bits per heavy atom. The first-order chi connectivity index (χ1) is 14.6. The Bertz CT molecular complexity index is 1150. The molecule has 0 aliphatic rings. The maximum absolute atomic E-state index is 12.8. The van der Waals surface area contributed by atoms with Crippen molar-refractivity contribution in [2.24, 2.45) is 0 Å². The molecular weight excluding hydrogens is 400 g/mol. The first-order valence-corrected chi connectivity index (χ1v) is 9.99. The summed E-state index contributed by atoms with van der Waals surface area (Å²) in [6, 6.07) is 19.1. The van der Waals surface area contributed by atoms with E-state index in [-0.39, 0.29) is 5.91 Å². The van der Waals surface area contributed by atoms with Gasteiger partial charge in [0.05, 0.1) is 25.4 Å². The summed E-state index contributed by atoms with van der Waals surface area (Å²) in [4.78, 5) is 17.1. The molecule has 0 aliphatic carbocycles. The van der Waals surface area contributed by atoms with Gasteiger partial charge in [0.25, 0.3) is 5.91 Å². The number of aromatic nitrogens is 3. The van der Waals surface area contributed by atoms with Crippen LogP contribution >= 0.6 is 11.6 Å². The highest BCUT2D eigenvalue weighted by molar-refractivity contribution is 6.30. The lowest BCUT2D eigenvalue weighted by Gasteiger charge is -2.05. The maximum Gasteiger partial charge on any atom is 0.272 e. The molecule has 0 atom stereocenters. The molecule has 2 heterocycles. The van der Waals surface area contributed by atoms with E-state index in [1.165, 1.54) is 0 Å². The molecule has 30 heavy (non-hydrogen) atoms. The van der Waals surface area contributed by atoms with Gasteiger partial charge < -0.3 is 10.1 Å². The number of nitrogens with one attached hydrogen (secondary N) is 1. The van der Waals surface area contributed by atoms with E-state index in [9.17, 15) is 4.79 Å². The predicted octanol–water partition coefficient (Wildman–Crippen LogP) is 4.11. The molecular formula is C23H21ClN4O2. The topological polar surface area (TPSA) is 69.0 Å². The van der Waals surface area contributed by atoms with Crippen molar-refractivity contribution in [1.29, 1.82) is 0 Å². The minimum absolute atomic E-state index is 0.199. The highest BCUT2D eigenvalue weighted by atomic mass is 35.5. The molecule has 6 nitrogen and oxygen atoms in total. The van der Waals surface area contributed by atoms with Crippen LogP contribution in [0.3, 0.4) is 0 Å². The Hall–Kier alpha value is -3.38. The number of amides is 1. The van der Waals surface area contributed by atoms with Crippen LogP contribution < -0.4 is 10.1 Å². The monoisotopic (exact) mass is 420 g/mol. The predicted molar refractivity (Wildman–Crippen MR) is 117 cm³/mol. The average molecular weight is 421 g/mol. The lowest BCUT2D eigenvalue weighted by Crippen LogP contribution is -2.26. The van der Waals surface area contributed by atoms with Gasteiger partial charge in [-0.3, -0.25) is 14.5 Å². The van der Waals surface area contributed by atoms with Crippen LogP contribution in [0.5, 0.6) is 5.75 Å². The van der Waals surface area contributed by atoms with E-state index in [0.717, 1.165) is 22.2 Å². The minimum Gasteiger partial charge on any atom is -0.495 e. The summed E-state index contributed by atoms with van der Waals surface area (Å²) >= 11 is 5.98. The van der Waals surface area contributed by atoms with Gasteiger partial charge >= 0.3 is 0 Å². The second-order valence-electron chi connectivity index (χ2n) is 6.85. The number of hydrogen-bond donors (Lipinski definition) is 1. The molecule has 0 saturated heterocycles. The minimum atomic E-state index is -0.199. The molecule has 1 amide bonds. The normalized spacial score (nSPS) is 10.9. The van der Waals surface area contributed by atoms with Crippen LogP contribution in [0.15, 0.2) is 66.9 Å². The quantitative estimate of drug-likeness (QED) is 0.488. The highest BCUT2D eigenvalue weighted by Gasteiger charge is 2.17. The first-order valence-electron chi connectivity index (χ1n) is 9.61. The van der Waals surface area contributed by atoms with Gasteiger partial charge in [-0.1, -0.05) is 41.9 Å². The summed E-state index contributed by atoms with van der Waals surface area (Å²) in [5.74, 6) is 0.509. The van der Waals surface area contributed by atoms with E-state index in [1.54, 1.807) is 13.3 Å². The van der Waals surface area contributed by atoms with Crippen molar-refractivity contribution in [2.75, 3.05) is 13.7 Å². The second-order valence-corrected chi connectivity index (χ2v) is 7.28. The molecule has 0 fully saturated rings. The molecule has 4 aromatic rings. The van der Waals surface area contributed by atoms with Gasteiger partial charge in [-0.05, 0) is 35.9 Å². The van der Waals surface area contributed by atoms with Gasteiger partial charge in [-0.15, -0.1) is 0 Å². The lowest BCUT2D eigenvalue weighted by atomic mass is 10.2. The van der Waals surface area contributed by atoms with Crippen LogP contribution in [0.25, 0.3) is 10.9 Å². The molecule has 0 unspecified atom stereocenters. The number of rotatable bonds is 7. The average Bonchev–Trinajstić information content (AvgIpc) is 3.14. The fraction of sp³-hybridized carbons (Fsp3) is 0.174. The van der Waals surface area contributed by atoms with Gasteiger partial charge in [0.15, 0.2) is 5.69 Å². The summed E-state index contributed by atoms with van der Waals surface area (Å²) in [6.07, 6.45) is 2.29. The molecule has 0 spiro atoms. The van der Waals surface area contributed by atoms with Crippen molar-refractivity contribution in [1.82, 2.24) is 20.1 Å². The van der Waals surface area contributed by atoms with Crippen LogP contribution in [0.1, 0.15) is 21.7 Å². The van der Waals surface area contributed by atoms with Gasteiger partial charge in [-0.2, -0.15) is 5.10 Å². The molecule has 2 aromatic carbocycles. The number of carbonyl (C=O) groups is 1. The zero-order valence-corrected chi connectivity index (χ0v) is 17.3. The van der Waals surface area contributed by atoms with Crippen molar-refractivity contribution in [3.63, 3.8) is 0 Å². The van der Waals surface area contributed by atoms with Gasteiger partial charge in [0.2, 0.25) is 0 Å². The van der Waals surface area contributed by atoms with Crippen molar-refractivity contribution in [2.45, 2.75) is 13.0 Å². The van der Waals surface area contributed by atoms with Crippen molar-refractivity contribution < 1.29 is 9.53 Å². The number of methoxy groups -OCH3 is 1. The smallest absolute Gasteiger partial charge is 0.272 e. The summed E-state index contributed by atoms with van der Waals surface area (Å²) in [5, 5.41) is 9.06. The first kappa shape index (κ1) is 19.9. The van der Waals surface area contributed by atoms with E-state index in [1.807, 2.05) is 65.3 Å². The number of carbonyl (C=O) groups excluding carboxylic acids is 1. The Morgan fingerprint density at radius 1 is 1.10 bits per heavy atom. The summed E-state index contributed by atoms with van der Waals surface area (Å²) in [5.41, 5.74) is 3.27.